The summed E-state index contributed by atoms with van der Waals surface area (Å²) in [5.41, 5.74) is 6.41. The average Bonchev–Trinajstić information content (AvgIpc) is 3.61. The molecular weight excluding hydrogens is 482 g/mol. The molecule has 2 aromatic carbocycles. The van der Waals surface area contributed by atoms with Gasteiger partial charge in [0.05, 0.1) is 11.9 Å². The van der Waals surface area contributed by atoms with Gasteiger partial charge in [-0.1, -0.05) is 67.0 Å². The average molecular weight is 512 g/mol. The molecule has 6 rings (SSSR count). The van der Waals surface area contributed by atoms with Crippen molar-refractivity contribution in [3.63, 3.8) is 0 Å². The fourth-order valence-electron chi connectivity index (χ4n) is 5.45. The van der Waals surface area contributed by atoms with Gasteiger partial charge in [0.25, 0.3) is 5.56 Å². The van der Waals surface area contributed by atoms with Gasteiger partial charge in [-0.05, 0) is 36.0 Å². The van der Waals surface area contributed by atoms with Crippen molar-refractivity contribution in [1.82, 2.24) is 24.3 Å². The number of hydrogen-bond acceptors (Lipinski definition) is 6. The van der Waals surface area contributed by atoms with E-state index in [1.165, 1.54) is 0 Å². The van der Waals surface area contributed by atoms with Crippen LogP contribution < -0.4 is 11.3 Å². The molecule has 0 aliphatic carbocycles. The van der Waals surface area contributed by atoms with Crippen LogP contribution in [0.4, 0.5) is 0 Å². The molecule has 1 saturated heterocycles. The number of aryl methyl sites for hydroxylation is 1. The second-order valence-electron chi connectivity index (χ2n) is 9.66. The van der Waals surface area contributed by atoms with Crippen molar-refractivity contribution in [2.45, 2.75) is 45.1 Å². The molecular formula is C29H29N5O4. The van der Waals surface area contributed by atoms with E-state index >= 15 is 0 Å². The van der Waals surface area contributed by atoms with Crippen molar-refractivity contribution < 1.29 is 9.26 Å². The topological polar surface area (TPSA) is 107 Å². The molecule has 0 radical (unpaired) electrons. The van der Waals surface area contributed by atoms with Gasteiger partial charge in [-0.2, -0.15) is 5.10 Å². The Hall–Kier alpha value is -4.24. The van der Waals surface area contributed by atoms with E-state index in [1.54, 1.807) is 6.20 Å². The van der Waals surface area contributed by atoms with Gasteiger partial charge in [-0.25, -0.2) is 9.31 Å². The first kappa shape index (κ1) is 24.1. The summed E-state index contributed by atoms with van der Waals surface area (Å²) >= 11 is 0. The van der Waals surface area contributed by atoms with Gasteiger partial charge in [-0.3, -0.25) is 18.9 Å². The van der Waals surface area contributed by atoms with Gasteiger partial charge < -0.3 is 4.74 Å². The van der Waals surface area contributed by atoms with Crippen LogP contribution >= 0.6 is 0 Å². The third-order valence-electron chi connectivity index (χ3n) is 7.26. The minimum absolute atomic E-state index is 0.0674. The summed E-state index contributed by atoms with van der Waals surface area (Å²) in [7, 11) is 0. The largest absolute Gasteiger partial charge is 0.439 e. The van der Waals surface area contributed by atoms with Gasteiger partial charge in [0.15, 0.2) is 5.82 Å². The number of hydrogen-bond donors (Lipinski definition) is 1. The monoisotopic (exact) mass is 511 g/mol. The fraction of sp³-hybridized carbons (Fsp3) is 0.310. The molecule has 4 heterocycles. The van der Waals surface area contributed by atoms with E-state index in [-0.39, 0.29) is 11.6 Å². The van der Waals surface area contributed by atoms with Crippen LogP contribution in [0.3, 0.4) is 0 Å². The zero-order valence-corrected chi connectivity index (χ0v) is 21.2. The molecule has 38 heavy (non-hydrogen) atoms. The molecule has 0 bridgehead atoms. The van der Waals surface area contributed by atoms with Gasteiger partial charge in [-0.15, -0.1) is 0 Å². The van der Waals surface area contributed by atoms with Crippen molar-refractivity contribution in [2.24, 2.45) is 0 Å². The second kappa shape index (κ2) is 10.3. The highest BCUT2D eigenvalue weighted by Gasteiger charge is 2.24. The van der Waals surface area contributed by atoms with Crippen LogP contribution in [0.5, 0.6) is 0 Å². The molecule has 194 valence electrons. The second-order valence-corrected chi connectivity index (χ2v) is 9.66. The summed E-state index contributed by atoms with van der Waals surface area (Å²) in [6.07, 6.45) is 5.63. The van der Waals surface area contributed by atoms with Gasteiger partial charge in [0.2, 0.25) is 0 Å². The SMILES string of the molecule is CCCc1c(Cc2ccc(-c3ccccc3-c3noc(=O)[nH]3)cc2)c(=O)n(C2CCOCC2)c2ccnn12. The highest BCUT2D eigenvalue weighted by atomic mass is 16.5. The molecule has 1 aliphatic heterocycles. The zero-order chi connectivity index (χ0) is 26.1. The Labute approximate surface area is 218 Å². The van der Waals surface area contributed by atoms with E-state index < -0.39 is 5.76 Å². The van der Waals surface area contributed by atoms with E-state index in [0.29, 0.717) is 25.5 Å². The molecule has 9 nitrogen and oxygen atoms in total. The van der Waals surface area contributed by atoms with Crippen LogP contribution in [0.2, 0.25) is 0 Å². The smallest absolute Gasteiger partial charge is 0.381 e. The number of nitrogens with zero attached hydrogens (tertiary/aromatic N) is 4. The first-order valence-electron chi connectivity index (χ1n) is 13.1. The minimum Gasteiger partial charge on any atom is -0.381 e. The first-order chi connectivity index (χ1) is 18.6. The van der Waals surface area contributed by atoms with Crippen LogP contribution in [0, 0.1) is 0 Å². The maximum atomic E-state index is 14.0. The molecule has 3 aromatic heterocycles. The highest BCUT2D eigenvalue weighted by Crippen LogP contribution is 2.30. The number of benzene rings is 2. The fourth-order valence-corrected chi connectivity index (χ4v) is 5.45. The zero-order valence-electron chi connectivity index (χ0n) is 21.2. The minimum atomic E-state index is -0.589. The molecule has 0 saturated carbocycles. The normalized spacial score (nSPS) is 14.3. The first-order valence-corrected chi connectivity index (χ1v) is 13.1. The number of nitrogens with one attached hydrogen (secondary N) is 1. The molecule has 1 N–H and O–H groups in total. The number of aromatic nitrogens is 5. The number of fused-ring (bicyclic) bond motifs is 1. The van der Waals surface area contributed by atoms with Gasteiger partial charge >= 0.3 is 5.76 Å². The quantitative estimate of drug-likeness (QED) is 0.347. The van der Waals surface area contributed by atoms with Crippen molar-refractivity contribution in [2.75, 3.05) is 13.2 Å². The van der Waals surface area contributed by atoms with Crippen molar-refractivity contribution in [1.29, 1.82) is 0 Å². The predicted octanol–water partition coefficient (Wildman–Crippen LogP) is 4.40. The van der Waals surface area contributed by atoms with Crippen LogP contribution in [0.25, 0.3) is 28.2 Å². The summed E-state index contributed by atoms with van der Waals surface area (Å²) in [5.74, 6) is -0.200. The molecule has 9 heteroatoms. The summed E-state index contributed by atoms with van der Waals surface area (Å²) in [6.45, 7) is 3.45. The standard InChI is InChI=1S/C29H29N5O4/c1-2-5-25-24(28(35)33(21-13-16-37-17-14-21)26-12-15-30-34(25)26)18-19-8-10-20(11-9-19)22-6-3-4-7-23(22)27-31-29(36)38-32-27/h3-4,6-12,15,21H,2,5,13-14,16-18H2,1H3,(H,31,32,36). The number of aromatic amines is 1. The molecule has 1 fully saturated rings. The predicted molar refractivity (Wildman–Crippen MR) is 143 cm³/mol. The Morgan fingerprint density at radius 3 is 2.47 bits per heavy atom. The summed E-state index contributed by atoms with van der Waals surface area (Å²) < 4.78 is 14.2. The Bertz CT molecular complexity index is 1690. The molecule has 0 amide bonds. The van der Waals surface area contributed by atoms with Crippen LogP contribution in [-0.4, -0.2) is 37.5 Å². The van der Waals surface area contributed by atoms with Crippen LogP contribution in [0.1, 0.15) is 49.0 Å². The third-order valence-corrected chi connectivity index (χ3v) is 7.26. The van der Waals surface area contributed by atoms with Gasteiger partial charge in [0.1, 0.15) is 5.65 Å². The lowest BCUT2D eigenvalue weighted by Gasteiger charge is -2.26. The van der Waals surface area contributed by atoms with E-state index in [9.17, 15) is 9.59 Å². The maximum absolute atomic E-state index is 14.0. The summed E-state index contributed by atoms with van der Waals surface area (Å²) in [6, 6.07) is 17.9. The van der Waals surface area contributed by atoms with Gasteiger partial charge in [0, 0.05) is 42.9 Å². The third kappa shape index (κ3) is 4.39. The molecule has 0 spiro atoms. The molecule has 5 aromatic rings. The molecule has 0 atom stereocenters. The molecule has 0 unspecified atom stereocenters. The molecule has 1 aliphatic rings. The number of H-pyrrole nitrogens is 1. The highest BCUT2D eigenvalue weighted by molar-refractivity contribution is 5.80. The lowest BCUT2D eigenvalue weighted by atomic mass is 9.96. The van der Waals surface area contributed by atoms with E-state index in [0.717, 1.165) is 64.8 Å². The number of rotatable bonds is 7. The Balaban J connectivity index is 1.39. The lowest BCUT2D eigenvalue weighted by Crippen LogP contribution is -2.34. The van der Waals surface area contributed by atoms with Crippen molar-refractivity contribution in [3.05, 3.63) is 98.5 Å². The van der Waals surface area contributed by atoms with Crippen molar-refractivity contribution >= 4 is 5.65 Å². The van der Waals surface area contributed by atoms with Crippen LogP contribution in [-0.2, 0) is 17.6 Å². The van der Waals surface area contributed by atoms with E-state index in [1.807, 2.05) is 51.5 Å². The maximum Gasteiger partial charge on any atom is 0.439 e. The number of ether oxygens (including phenoxy) is 1. The van der Waals surface area contributed by atoms with Crippen LogP contribution in [0.15, 0.2) is 74.9 Å². The summed E-state index contributed by atoms with van der Waals surface area (Å²) in [4.78, 5) is 28.1. The Kier molecular flexibility index (Phi) is 6.51. The van der Waals surface area contributed by atoms with E-state index in [4.69, 9.17) is 9.26 Å². The summed E-state index contributed by atoms with van der Waals surface area (Å²) in [5, 5.41) is 8.47. The Morgan fingerprint density at radius 1 is 1.00 bits per heavy atom. The van der Waals surface area contributed by atoms with E-state index in [2.05, 4.69) is 34.3 Å². The van der Waals surface area contributed by atoms with Crippen molar-refractivity contribution in [3.8, 4) is 22.5 Å². The lowest BCUT2D eigenvalue weighted by molar-refractivity contribution is 0.0694. The Morgan fingerprint density at radius 2 is 1.76 bits per heavy atom.